The van der Waals surface area contributed by atoms with Gasteiger partial charge in [0, 0.05) is 5.56 Å². The van der Waals surface area contributed by atoms with Crippen molar-refractivity contribution in [3.63, 3.8) is 0 Å². The minimum absolute atomic E-state index is 0.305. The molecule has 5 rings (SSSR count). The topological polar surface area (TPSA) is 52.6 Å². The highest BCUT2D eigenvalue weighted by molar-refractivity contribution is 5.94. The van der Waals surface area contributed by atoms with Crippen LogP contribution in [-0.4, -0.2) is 11.9 Å². The Labute approximate surface area is 220 Å². The summed E-state index contributed by atoms with van der Waals surface area (Å²) in [7, 11) is 0. The first-order chi connectivity index (χ1) is 18.2. The fourth-order valence-corrected chi connectivity index (χ4v) is 6.06. The molecule has 0 unspecified atom stereocenters. The van der Waals surface area contributed by atoms with Crippen LogP contribution in [-0.2, 0) is 6.42 Å². The number of esters is 2. The molecule has 4 heteroatoms. The zero-order valence-corrected chi connectivity index (χ0v) is 21.7. The van der Waals surface area contributed by atoms with Crippen molar-refractivity contribution in [1.82, 2.24) is 0 Å². The molecule has 0 amide bonds. The van der Waals surface area contributed by atoms with Gasteiger partial charge in [0.05, 0.1) is 11.1 Å². The average molecular weight is 497 g/mol. The first-order valence-electron chi connectivity index (χ1n) is 13.9. The Morgan fingerprint density at radius 3 is 1.70 bits per heavy atom. The largest absolute Gasteiger partial charge is 0.419 e. The molecule has 2 aliphatic rings. The molecule has 2 fully saturated rings. The van der Waals surface area contributed by atoms with E-state index in [9.17, 15) is 9.59 Å². The summed E-state index contributed by atoms with van der Waals surface area (Å²) in [6, 6.07) is 20.4. The third-order valence-electron chi connectivity index (χ3n) is 7.87. The van der Waals surface area contributed by atoms with Crippen molar-refractivity contribution < 1.29 is 19.1 Å². The molecular formula is C33H36O4. The van der Waals surface area contributed by atoms with Crippen LogP contribution in [0.3, 0.4) is 0 Å². The van der Waals surface area contributed by atoms with E-state index in [4.69, 9.17) is 9.47 Å². The quantitative estimate of drug-likeness (QED) is 0.232. The molecule has 3 aromatic carbocycles. The Balaban J connectivity index is 1.67. The number of ether oxygens (including phenoxy) is 2. The number of hydrogen-bond acceptors (Lipinski definition) is 4. The highest BCUT2D eigenvalue weighted by Crippen LogP contribution is 2.51. The molecule has 192 valence electrons. The molecule has 4 nitrogen and oxygen atoms in total. The lowest BCUT2D eigenvalue weighted by Gasteiger charge is -2.27. The van der Waals surface area contributed by atoms with E-state index in [1.165, 1.54) is 18.4 Å². The molecule has 0 bridgehead atoms. The van der Waals surface area contributed by atoms with Crippen molar-refractivity contribution in [2.45, 2.75) is 83.0 Å². The highest BCUT2D eigenvalue weighted by atomic mass is 16.6. The second-order valence-corrected chi connectivity index (χ2v) is 10.4. The molecule has 0 aromatic heterocycles. The van der Waals surface area contributed by atoms with Crippen molar-refractivity contribution in [1.29, 1.82) is 0 Å². The predicted octanol–water partition coefficient (Wildman–Crippen LogP) is 8.39. The molecule has 0 spiro atoms. The number of aryl methyl sites for hydroxylation is 1. The van der Waals surface area contributed by atoms with E-state index in [1.807, 2.05) is 36.4 Å². The number of rotatable bonds is 8. The Bertz CT molecular complexity index is 1220. The van der Waals surface area contributed by atoms with E-state index in [0.717, 1.165) is 62.5 Å². The fourth-order valence-electron chi connectivity index (χ4n) is 6.06. The summed E-state index contributed by atoms with van der Waals surface area (Å²) in [4.78, 5) is 26.7. The van der Waals surface area contributed by atoms with Gasteiger partial charge < -0.3 is 9.47 Å². The van der Waals surface area contributed by atoms with Crippen LogP contribution in [0.25, 0.3) is 0 Å². The Morgan fingerprint density at radius 2 is 1.19 bits per heavy atom. The van der Waals surface area contributed by atoms with Crippen LogP contribution in [0.2, 0.25) is 0 Å². The van der Waals surface area contributed by atoms with E-state index < -0.39 is 11.9 Å². The third-order valence-corrected chi connectivity index (χ3v) is 7.87. The van der Waals surface area contributed by atoms with Gasteiger partial charge in [-0.25, -0.2) is 9.59 Å². The van der Waals surface area contributed by atoms with Gasteiger partial charge in [0.15, 0.2) is 11.5 Å². The molecule has 0 heterocycles. The first-order valence-corrected chi connectivity index (χ1v) is 13.9. The number of benzene rings is 3. The standard InChI is InChI=1S/C33H36O4/c1-2-13-27-22-28(23-14-9-10-15-23)29(24-16-11-12-17-24)31(37-33(35)26-20-7-4-8-21-26)30(27)36-32(34)25-18-5-3-6-19-25/h3-8,18-24H,2,9-17H2,1H3. The second kappa shape index (κ2) is 11.8. The van der Waals surface area contributed by atoms with Gasteiger partial charge in [-0.05, 0) is 79.3 Å². The van der Waals surface area contributed by atoms with E-state index in [1.54, 1.807) is 24.3 Å². The number of carbonyl (C=O) groups excluding carboxylic acids is 2. The van der Waals surface area contributed by atoms with Gasteiger partial charge >= 0.3 is 11.9 Å². The molecule has 2 aliphatic carbocycles. The summed E-state index contributed by atoms with van der Waals surface area (Å²) >= 11 is 0. The third kappa shape index (κ3) is 5.64. The van der Waals surface area contributed by atoms with Crippen LogP contribution in [0.1, 0.15) is 114 Å². The maximum Gasteiger partial charge on any atom is 0.343 e. The van der Waals surface area contributed by atoms with E-state index in [0.29, 0.717) is 34.5 Å². The smallest absolute Gasteiger partial charge is 0.343 e. The van der Waals surface area contributed by atoms with Gasteiger partial charge in [0.25, 0.3) is 0 Å². The number of hydrogen-bond donors (Lipinski definition) is 0. The highest BCUT2D eigenvalue weighted by Gasteiger charge is 2.34. The van der Waals surface area contributed by atoms with Gasteiger partial charge in [-0.1, -0.05) is 81.5 Å². The molecular weight excluding hydrogens is 460 g/mol. The summed E-state index contributed by atoms with van der Waals surface area (Å²) in [6.45, 7) is 2.12. The Hall–Kier alpha value is -3.40. The van der Waals surface area contributed by atoms with Crippen molar-refractivity contribution in [3.8, 4) is 11.5 Å². The van der Waals surface area contributed by atoms with E-state index in [-0.39, 0.29) is 0 Å². The van der Waals surface area contributed by atoms with Crippen molar-refractivity contribution >= 4 is 11.9 Å². The monoisotopic (exact) mass is 496 g/mol. The van der Waals surface area contributed by atoms with Crippen LogP contribution < -0.4 is 9.47 Å². The zero-order chi connectivity index (χ0) is 25.6. The fraction of sp³-hybridized carbons (Fsp3) is 0.394. The summed E-state index contributed by atoms with van der Waals surface area (Å²) in [5.41, 5.74) is 4.33. The van der Waals surface area contributed by atoms with Crippen molar-refractivity contribution in [2.24, 2.45) is 0 Å². The van der Waals surface area contributed by atoms with Gasteiger partial charge in [0.2, 0.25) is 0 Å². The summed E-state index contributed by atoms with van der Waals surface area (Å²) in [5.74, 6) is 0.809. The van der Waals surface area contributed by atoms with Crippen molar-refractivity contribution in [3.05, 3.63) is 94.5 Å². The van der Waals surface area contributed by atoms with Crippen LogP contribution >= 0.6 is 0 Å². The maximum absolute atomic E-state index is 13.4. The molecule has 3 aromatic rings. The van der Waals surface area contributed by atoms with Crippen LogP contribution in [0, 0.1) is 0 Å². The molecule has 2 saturated carbocycles. The maximum atomic E-state index is 13.4. The summed E-state index contributed by atoms with van der Waals surface area (Å²) in [6.07, 6.45) is 10.9. The average Bonchev–Trinajstić information content (AvgIpc) is 3.66. The zero-order valence-electron chi connectivity index (χ0n) is 21.7. The number of carbonyl (C=O) groups is 2. The van der Waals surface area contributed by atoms with Crippen LogP contribution in [0.15, 0.2) is 66.7 Å². The van der Waals surface area contributed by atoms with E-state index in [2.05, 4.69) is 13.0 Å². The van der Waals surface area contributed by atoms with E-state index >= 15 is 0 Å². The van der Waals surface area contributed by atoms with Gasteiger partial charge in [-0.3, -0.25) is 0 Å². The second-order valence-electron chi connectivity index (χ2n) is 10.4. The molecule has 0 aliphatic heterocycles. The molecule has 37 heavy (non-hydrogen) atoms. The predicted molar refractivity (Wildman–Crippen MR) is 146 cm³/mol. The minimum Gasteiger partial charge on any atom is -0.419 e. The Kier molecular flexibility index (Phi) is 8.03. The van der Waals surface area contributed by atoms with Gasteiger partial charge in [-0.2, -0.15) is 0 Å². The summed E-state index contributed by atoms with van der Waals surface area (Å²) < 4.78 is 12.4. The SMILES string of the molecule is CCCc1cc(C2CCCC2)c(C2CCCC2)c(OC(=O)c2ccccc2)c1OC(=O)c1ccccc1. The Morgan fingerprint density at radius 1 is 0.703 bits per heavy atom. The molecule has 0 saturated heterocycles. The lowest BCUT2D eigenvalue weighted by atomic mass is 9.82. The van der Waals surface area contributed by atoms with Gasteiger partial charge in [-0.15, -0.1) is 0 Å². The lowest BCUT2D eigenvalue weighted by Crippen LogP contribution is -2.18. The normalized spacial score (nSPS) is 16.1. The van der Waals surface area contributed by atoms with Crippen molar-refractivity contribution in [2.75, 3.05) is 0 Å². The summed E-state index contributed by atoms with van der Waals surface area (Å²) in [5, 5.41) is 0. The van der Waals surface area contributed by atoms with Crippen LogP contribution in [0.5, 0.6) is 11.5 Å². The van der Waals surface area contributed by atoms with Gasteiger partial charge in [0.1, 0.15) is 0 Å². The first kappa shape index (κ1) is 25.3. The molecule has 0 atom stereocenters. The molecule has 0 N–H and O–H groups in total. The lowest BCUT2D eigenvalue weighted by molar-refractivity contribution is 0.0678. The minimum atomic E-state index is -0.430. The van der Waals surface area contributed by atoms with Crippen LogP contribution in [0.4, 0.5) is 0 Å². The molecule has 0 radical (unpaired) electrons.